The van der Waals surface area contributed by atoms with E-state index in [1.807, 2.05) is 35.8 Å². The number of hydrogen-bond acceptors (Lipinski definition) is 3. The Balaban J connectivity index is 2.42. The van der Waals surface area contributed by atoms with E-state index in [1.54, 1.807) is 0 Å². The van der Waals surface area contributed by atoms with Gasteiger partial charge in [0.1, 0.15) is 12.4 Å². The maximum Gasteiger partial charge on any atom is 0.239 e. The number of carbonyl (C=O) groups is 1. The van der Waals surface area contributed by atoms with Gasteiger partial charge in [-0.2, -0.15) is 0 Å². The number of nitrogens with one attached hydrogen (secondary N) is 1. The predicted octanol–water partition coefficient (Wildman–Crippen LogP) is 1.00. The summed E-state index contributed by atoms with van der Waals surface area (Å²) in [5.74, 6) is 0.676. The van der Waals surface area contributed by atoms with Crippen molar-refractivity contribution in [1.29, 1.82) is 0 Å². The van der Waals surface area contributed by atoms with Crippen LogP contribution in [0.15, 0.2) is 24.3 Å². The number of carbonyl (C=O) groups excluding carboxylic acids is 1. The Morgan fingerprint density at radius 1 is 1.47 bits per heavy atom. The molecule has 0 unspecified atom stereocenters. The highest BCUT2D eigenvalue weighted by molar-refractivity contribution is 7.80. The number of rotatable bonds is 5. The van der Waals surface area contributed by atoms with Crippen LogP contribution in [0.25, 0.3) is 11.0 Å². The zero-order valence-corrected chi connectivity index (χ0v) is 11.5. The molecule has 0 aliphatic rings. The van der Waals surface area contributed by atoms with Crippen LogP contribution in [0.3, 0.4) is 0 Å². The van der Waals surface area contributed by atoms with Crippen LogP contribution in [-0.4, -0.2) is 27.0 Å². The maximum atomic E-state index is 11.8. The lowest BCUT2D eigenvalue weighted by molar-refractivity contribution is -0.121. The highest BCUT2D eigenvalue weighted by Crippen LogP contribution is 2.16. The van der Waals surface area contributed by atoms with Gasteiger partial charge in [-0.05, 0) is 19.1 Å². The fourth-order valence-corrected chi connectivity index (χ4v) is 2.12. The van der Waals surface area contributed by atoms with Crippen molar-refractivity contribution in [2.24, 2.45) is 5.73 Å². The van der Waals surface area contributed by atoms with Crippen molar-refractivity contribution in [2.75, 3.05) is 6.54 Å². The number of likely N-dealkylation sites (N-methyl/N-ethyl adjacent to an activating group) is 1. The summed E-state index contributed by atoms with van der Waals surface area (Å²) in [6, 6.07) is 7.68. The molecule has 100 valence electrons. The van der Waals surface area contributed by atoms with E-state index in [0.29, 0.717) is 18.0 Å². The molecule has 6 heteroatoms. The predicted molar refractivity (Wildman–Crippen MR) is 78.9 cm³/mol. The Kier molecular flexibility index (Phi) is 4.11. The molecule has 3 N–H and O–H groups in total. The quantitative estimate of drug-likeness (QED) is 0.799. The Morgan fingerprint density at radius 2 is 2.21 bits per heavy atom. The van der Waals surface area contributed by atoms with Gasteiger partial charge in [-0.3, -0.25) is 4.79 Å². The monoisotopic (exact) mass is 276 g/mol. The van der Waals surface area contributed by atoms with Crippen molar-refractivity contribution >= 4 is 34.1 Å². The van der Waals surface area contributed by atoms with E-state index in [9.17, 15) is 4.79 Å². The van der Waals surface area contributed by atoms with Crippen molar-refractivity contribution in [3.8, 4) is 0 Å². The molecule has 0 atom stereocenters. The number of benzene rings is 1. The van der Waals surface area contributed by atoms with Gasteiger partial charge in [0, 0.05) is 6.54 Å². The number of para-hydroxylation sites is 2. The zero-order valence-electron chi connectivity index (χ0n) is 10.7. The molecule has 0 spiro atoms. The molecule has 5 nitrogen and oxygen atoms in total. The van der Waals surface area contributed by atoms with E-state index >= 15 is 0 Å². The average Bonchev–Trinajstić information content (AvgIpc) is 2.67. The lowest BCUT2D eigenvalue weighted by Gasteiger charge is -2.08. The second-order valence-corrected chi connectivity index (χ2v) is 4.72. The van der Waals surface area contributed by atoms with E-state index < -0.39 is 0 Å². The number of hydrogen-bond donors (Lipinski definition) is 2. The summed E-state index contributed by atoms with van der Waals surface area (Å²) in [5, 5.41) is 2.78. The van der Waals surface area contributed by atoms with Gasteiger partial charge >= 0.3 is 0 Å². The number of nitrogens with two attached hydrogens (primary N) is 1. The van der Waals surface area contributed by atoms with Crippen LogP contribution in [-0.2, 0) is 17.8 Å². The molecule has 1 heterocycles. The van der Waals surface area contributed by atoms with Crippen LogP contribution in [0.5, 0.6) is 0 Å². The second kappa shape index (κ2) is 5.79. The van der Waals surface area contributed by atoms with Gasteiger partial charge in [0.15, 0.2) is 0 Å². The van der Waals surface area contributed by atoms with Crippen molar-refractivity contribution in [3.05, 3.63) is 30.1 Å². The largest absolute Gasteiger partial charge is 0.393 e. The molecule has 0 saturated heterocycles. The molecular formula is C13H16N4OS. The summed E-state index contributed by atoms with van der Waals surface area (Å²) < 4.78 is 1.86. The number of imidazole rings is 1. The highest BCUT2D eigenvalue weighted by Gasteiger charge is 2.13. The van der Waals surface area contributed by atoms with Crippen LogP contribution in [0.4, 0.5) is 0 Å². The summed E-state index contributed by atoms with van der Waals surface area (Å²) in [7, 11) is 0. The van der Waals surface area contributed by atoms with Gasteiger partial charge in [-0.25, -0.2) is 4.98 Å². The smallest absolute Gasteiger partial charge is 0.239 e. The summed E-state index contributed by atoms with van der Waals surface area (Å²) in [5.41, 5.74) is 7.34. The molecule has 1 amide bonds. The molecule has 0 saturated carbocycles. The zero-order chi connectivity index (χ0) is 13.8. The number of fused-ring (bicyclic) bond motifs is 1. The van der Waals surface area contributed by atoms with Gasteiger partial charge in [-0.1, -0.05) is 24.4 Å². The van der Waals surface area contributed by atoms with Crippen molar-refractivity contribution in [3.63, 3.8) is 0 Å². The minimum Gasteiger partial charge on any atom is -0.393 e. The third-order valence-corrected chi connectivity index (χ3v) is 2.89. The first kappa shape index (κ1) is 13.5. The Morgan fingerprint density at radius 3 is 2.89 bits per heavy atom. The SMILES string of the molecule is CCNC(=O)Cn1c(CC(N)=S)nc2ccccc21. The molecule has 1 aromatic heterocycles. The van der Waals surface area contributed by atoms with Gasteiger partial charge in [0.05, 0.1) is 22.4 Å². The van der Waals surface area contributed by atoms with Crippen molar-refractivity contribution < 1.29 is 4.79 Å². The maximum absolute atomic E-state index is 11.8. The molecule has 19 heavy (non-hydrogen) atoms. The Hall–Kier alpha value is -1.95. The summed E-state index contributed by atoms with van der Waals surface area (Å²) in [6.45, 7) is 2.72. The van der Waals surface area contributed by atoms with Crippen molar-refractivity contribution in [2.45, 2.75) is 19.9 Å². The first-order valence-corrected chi connectivity index (χ1v) is 6.51. The normalized spacial score (nSPS) is 10.6. The van der Waals surface area contributed by atoms with Crippen molar-refractivity contribution in [1.82, 2.24) is 14.9 Å². The molecule has 0 fully saturated rings. The number of thiocarbonyl (C=S) groups is 1. The van der Waals surface area contributed by atoms with Gasteiger partial charge < -0.3 is 15.6 Å². The average molecular weight is 276 g/mol. The van der Waals surface area contributed by atoms with E-state index in [4.69, 9.17) is 18.0 Å². The van der Waals surface area contributed by atoms with Gasteiger partial charge in [-0.15, -0.1) is 0 Å². The number of amides is 1. The molecule has 0 aliphatic carbocycles. The molecule has 0 aliphatic heterocycles. The summed E-state index contributed by atoms with van der Waals surface area (Å²) >= 11 is 4.93. The van der Waals surface area contributed by atoms with E-state index in [0.717, 1.165) is 16.9 Å². The van der Waals surface area contributed by atoms with Crippen LogP contribution in [0.2, 0.25) is 0 Å². The molecule has 1 aromatic carbocycles. The fourth-order valence-electron chi connectivity index (χ4n) is 1.99. The first-order valence-electron chi connectivity index (χ1n) is 6.11. The topological polar surface area (TPSA) is 72.9 Å². The van der Waals surface area contributed by atoms with Crippen LogP contribution in [0.1, 0.15) is 12.7 Å². The summed E-state index contributed by atoms with van der Waals surface area (Å²) in [6.07, 6.45) is 0.392. The minimum absolute atomic E-state index is 0.0464. The van der Waals surface area contributed by atoms with Gasteiger partial charge in [0.25, 0.3) is 0 Å². The van der Waals surface area contributed by atoms with E-state index in [-0.39, 0.29) is 12.5 Å². The molecule has 2 rings (SSSR count). The fraction of sp³-hybridized carbons (Fsp3) is 0.308. The standard InChI is InChI=1S/C13H16N4OS/c1-2-15-13(18)8-17-10-6-4-3-5-9(10)16-12(17)7-11(14)19/h3-6H,2,7-8H2,1H3,(H2,14,19)(H,15,18). The summed E-state index contributed by atoms with van der Waals surface area (Å²) in [4.78, 5) is 16.6. The Labute approximate surface area is 116 Å². The minimum atomic E-state index is -0.0464. The van der Waals surface area contributed by atoms with Crippen LogP contribution in [0, 0.1) is 0 Å². The van der Waals surface area contributed by atoms with Gasteiger partial charge in [0.2, 0.25) is 5.91 Å². The lowest BCUT2D eigenvalue weighted by atomic mass is 10.3. The number of nitrogens with zero attached hydrogens (tertiary/aromatic N) is 2. The molecule has 0 radical (unpaired) electrons. The molecule has 0 bridgehead atoms. The van der Waals surface area contributed by atoms with E-state index in [1.165, 1.54) is 0 Å². The molecule has 2 aromatic rings. The molecular weight excluding hydrogens is 260 g/mol. The van der Waals surface area contributed by atoms with Crippen LogP contribution < -0.4 is 11.1 Å². The second-order valence-electron chi connectivity index (χ2n) is 4.20. The lowest BCUT2D eigenvalue weighted by Crippen LogP contribution is -2.28. The Bertz CT molecular complexity index is 620. The first-order chi connectivity index (χ1) is 9.11. The van der Waals surface area contributed by atoms with E-state index in [2.05, 4.69) is 10.3 Å². The van der Waals surface area contributed by atoms with Crippen LogP contribution >= 0.6 is 12.2 Å². The third kappa shape index (κ3) is 3.08. The third-order valence-electron chi connectivity index (χ3n) is 2.74. The number of aromatic nitrogens is 2. The highest BCUT2D eigenvalue weighted by atomic mass is 32.1.